The summed E-state index contributed by atoms with van der Waals surface area (Å²) in [5.41, 5.74) is 2.44. The number of rotatable bonds is 3. The van der Waals surface area contributed by atoms with E-state index in [4.69, 9.17) is 4.74 Å². The first kappa shape index (κ1) is 15.2. The minimum atomic E-state index is -0.869. The molecule has 0 aliphatic carbocycles. The van der Waals surface area contributed by atoms with Gasteiger partial charge in [0.2, 0.25) is 11.9 Å². The summed E-state index contributed by atoms with van der Waals surface area (Å²) < 4.78 is 7.67. The van der Waals surface area contributed by atoms with Gasteiger partial charge in [0.05, 0.1) is 29.8 Å². The minimum absolute atomic E-state index is 0.346. The van der Waals surface area contributed by atoms with Crippen molar-refractivity contribution in [2.45, 2.75) is 13.0 Å². The summed E-state index contributed by atoms with van der Waals surface area (Å²) in [6.45, 7) is 2.41. The normalized spacial score (nSPS) is 19.1. The lowest BCUT2D eigenvalue weighted by molar-refractivity contribution is -0.119. The zero-order chi connectivity index (χ0) is 17.4. The number of nitriles is 1. The van der Waals surface area contributed by atoms with Crippen LogP contribution in [0.4, 0.5) is 5.95 Å². The molecular weight excluding hydrogens is 316 g/mol. The highest BCUT2D eigenvalue weighted by Gasteiger charge is 2.40. The van der Waals surface area contributed by atoms with Crippen molar-refractivity contribution < 1.29 is 9.53 Å². The zero-order valence-corrected chi connectivity index (χ0v) is 13.6. The molecule has 25 heavy (non-hydrogen) atoms. The van der Waals surface area contributed by atoms with Gasteiger partial charge in [-0.2, -0.15) is 5.26 Å². The van der Waals surface area contributed by atoms with Gasteiger partial charge in [0.1, 0.15) is 5.75 Å². The van der Waals surface area contributed by atoms with E-state index in [-0.39, 0.29) is 5.91 Å². The van der Waals surface area contributed by atoms with Gasteiger partial charge in [-0.05, 0) is 25.1 Å². The molecule has 1 N–H and O–H groups in total. The van der Waals surface area contributed by atoms with Crippen molar-refractivity contribution in [1.82, 2.24) is 9.55 Å². The Kier molecular flexibility index (Phi) is 3.62. The molecular formula is C19H16N4O2. The van der Waals surface area contributed by atoms with E-state index in [9.17, 15) is 10.1 Å². The Bertz CT molecular complexity index is 1000. The quantitative estimate of drug-likeness (QED) is 0.799. The summed E-state index contributed by atoms with van der Waals surface area (Å²) in [5.74, 6) is -0.0870. The summed E-state index contributed by atoms with van der Waals surface area (Å²) in [6, 6.07) is 16.8. The highest BCUT2D eigenvalue weighted by Crippen LogP contribution is 2.40. The van der Waals surface area contributed by atoms with E-state index in [2.05, 4.69) is 16.4 Å². The highest BCUT2D eigenvalue weighted by molar-refractivity contribution is 5.97. The van der Waals surface area contributed by atoms with Crippen LogP contribution in [0.25, 0.3) is 11.0 Å². The molecule has 0 unspecified atom stereocenters. The smallest absolute Gasteiger partial charge is 0.246 e. The summed E-state index contributed by atoms with van der Waals surface area (Å²) in [6.07, 6.45) is 0. The minimum Gasteiger partial charge on any atom is -0.494 e. The Morgan fingerprint density at radius 2 is 2.00 bits per heavy atom. The fourth-order valence-electron chi connectivity index (χ4n) is 3.35. The fraction of sp³-hybridized carbons (Fsp3) is 0.211. The molecule has 6 heteroatoms. The van der Waals surface area contributed by atoms with Crippen LogP contribution in [-0.4, -0.2) is 22.1 Å². The fourth-order valence-corrected chi connectivity index (χ4v) is 3.35. The van der Waals surface area contributed by atoms with E-state index >= 15 is 0 Å². The summed E-state index contributed by atoms with van der Waals surface area (Å²) in [5, 5.41) is 12.4. The maximum absolute atomic E-state index is 12.5. The average molecular weight is 332 g/mol. The number of benzene rings is 2. The molecule has 0 saturated heterocycles. The third-order valence-corrected chi connectivity index (χ3v) is 4.38. The van der Waals surface area contributed by atoms with Gasteiger partial charge in [-0.15, -0.1) is 0 Å². The van der Waals surface area contributed by atoms with Gasteiger partial charge < -0.3 is 9.30 Å². The lowest BCUT2D eigenvalue weighted by atomic mass is 9.90. The van der Waals surface area contributed by atoms with Crippen molar-refractivity contribution in [3.63, 3.8) is 0 Å². The Hall–Kier alpha value is -3.33. The predicted molar refractivity (Wildman–Crippen MR) is 93.2 cm³/mol. The number of hydrogen-bond acceptors (Lipinski definition) is 4. The van der Waals surface area contributed by atoms with Gasteiger partial charge in [0.25, 0.3) is 0 Å². The number of aromatic nitrogens is 2. The van der Waals surface area contributed by atoms with E-state index in [0.717, 1.165) is 16.6 Å². The van der Waals surface area contributed by atoms with Crippen molar-refractivity contribution in [3.05, 3.63) is 54.1 Å². The number of carbonyl (C=O) groups is 1. The second-order valence-electron chi connectivity index (χ2n) is 5.81. The van der Waals surface area contributed by atoms with Crippen molar-refractivity contribution in [3.8, 4) is 11.8 Å². The SMILES string of the molecule is CCOc1ccccc1[C@@H]1[C@@H](C#N)C(=O)Nc2nc3ccccc3n21. The van der Waals surface area contributed by atoms with E-state index in [1.54, 1.807) is 0 Å². The van der Waals surface area contributed by atoms with Crippen molar-refractivity contribution in [1.29, 1.82) is 5.26 Å². The van der Waals surface area contributed by atoms with Crippen LogP contribution < -0.4 is 10.1 Å². The third-order valence-electron chi connectivity index (χ3n) is 4.38. The van der Waals surface area contributed by atoms with Crippen LogP contribution in [0.5, 0.6) is 5.75 Å². The van der Waals surface area contributed by atoms with Crippen LogP contribution in [0.3, 0.4) is 0 Å². The van der Waals surface area contributed by atoms with Crippen molar-refractivity contribution >= 4 is 22.9 Å². The molecule has 1 aliphatic rings. The maximum Gasteiger partial charge on any atom is 0.246 e. The largest absolute Gasteiger partial charge is 0.494 e. The predicted octanol–water partition coefficient (Wildman–Crippen LogP) is 3.12. The number of fused-ring (bicyclic) bond motifs is 3. The molecule has 1 aromatic heterocycles. The molecule has 2 atom stereocenters. The highest BCUT2D eigenvalue weighted by atomic mass is 16.5. The van der Waals surface area contributed by atoms with Crippen LogP contribution >= 0.6 is 0 Å². The van der Waals surface area contributed by atoms with Crippen molar-refractivity contribution in [2.75, 3.05) is 11.9 Å². The van der Waals surface area contributed by atoms with E-state index in [1.165, 1.54) is 0 Å². The average Bonchev–Trinajstić information content (AvgIpc) is 2.99. The van der Waals surface area contributed by atoms with Crippen LogP contribution in [0, 0.1) is 17.2 Å². The summed E-state index contributed by atoms with van der Waals surface area (Å²) >= 11 is 0. The standard InChI is InChI=1S/C19H16N4O2/c1-2-25-16-10-6-3-7-12(16)17-13(11-20)18(24)22-19-21-14-8-4-5-9-15(14)23(17)19/h3-10,13,17H,2H2,1H3,(H,21,22,24)/t13-,17-/m1/s1. The zero-order valence-electron chi connectivity index (χ0n) is 13.6. The van der Waals surface area contributed by atoms with Crippen LogP contribution in [0.1, 0.15) is 18.5 Å². The molecule has 0 spiro atoms. The molecule has 1 amide bonds. The Labute approximate surface area is 144 Å². The molecule has 6 nitrogen and oxygen atoms in total. The number of ether oxygens (including phenoxy) is 1. The maximum atomic E-state index is 12.5. The van der Waals surface area contributed by atoms with Gasteiger partial charge in [0.15, 0.2) is 5.92 Å². The molecule has 0 fully saturated rings. The molecule has 124 valence electrons. The number of carbonyl (C=O) groups excluding carboxylic acids is 1. The monoisotopic (exact) mass is 332 g/mol. The number of anilines is 1. The second-order valence-corrected chi connectivity index (χ2v) is 5.81. The number of amides is 1. The van der Waals surface area contributed by atoms with Gasteiger partial charge in [-0.25, -0.2) is 4.98 Å². The summed E-state index contributed by atoms with van der Waals surface area (Å²) in [4.78, 5) is 17.0. The van der Waals surface area contributed by atoms with Gasteiger partial charge in [0, 0.05) is 5.56 Å². The van der Waals surface area contributed by atoms with Gasteiger partial charge in [-0.1, -0.05) is 30.3 Å². The van der Waals surface area contributed by atoms with Gasteiger partial charge >= 0.3 is 0 Å². The molecule has 0 radical (unpaired) electrons. The first-order valence-corrected chi connectivity index (χ1v) is 8.13. The lowest BCUT2D eigenvalue weighted by Crippen LogP contribution is -2.37. The first-order valence-electron chi connectivity index (χ1n) is 8.13. The van der Waals surface area contributed by atoms with Gasteiger partial charge in [-0.3, -0.25) is 10.1 Å². The number of para-hydroxylation sites is 3. The number of imidazole rings is 1. The number of nitrogens with one attached hydrogen (secondary N) is 1. The Morgan fingerprint density at radius 1 is 1.24 bits per heavy atom. The van der Waals surface area contributed by atoms with Crippen molar-refractivity contribution in [2.24, 2.45) is 5.92 Å². The molecule has 2 aromatic carbocycles. The molecule has 4 rings (SSSR count). The van der Waals surface area contributed by atoms with Crippen LogP contribution in [0.15, 0.2) is 48.5 Å². The second kappa shape index (κ2) is 5.95. The molecule has 2 heterocycles. The molecule has 0 bridgehead atoms. The number of hydrogen-bond donors (Lipinski definition) is 1. The first-order chi connectivity index (χ1) is 12.2. The van der Waals surface area contributed by atoms with E-state index in [0.29, 0.717) is 18.3 Å². The molecule has 0 saturated carbocycles. The topological polar surface area (TPSA) is 79.9 Å². The number of nitrogens with zero attached hydrogens (tertiary/aromatic N) is 3. The Balaban J connectivity index is 2.00. The summed E-state index contributed by atoms with van der Waals surface area (Å²) in [7, 11) is 0. The van der Waals surface area contributed by atoms with E-state index in [1.807, 2.05) is 60.0 Å². The molecule has 1 aliphatic heterocycles. The van der Waals surface area contributed by atoms with Crippen LogP contribution in [0.2, 0.25) is 0 Å². The van der Waals surface area contributed by atoms with Crippen LogP contribution in [-0.2, 0) is 4.79 Å². The third kappa shape index (κ3) is 2.32. The lowest BCUT2D eigenvalue weighted by Gasteiger charge is -2.30. The van der Waals surface area contributed by atoms with E-state index < -0.39 is 12.0 Å². The Morgan fingerprint density at radius 3 is 2.80 bits per heavy atom. The molecule has 3 aromatic rings.